The Morgan fingerprint density at radius 1 is 1.00 bits per heavy atom. The van der Waals surface area contributed by atoms with Crippen molar-refractivity contribution in [3.05, 3.63) is 99.2 Å². The van der Waals surface area contributed by atoms with E-state index in [1.807, 2.05) is 0 Å². The van der Waals surface area contributed by atoms with Crippen LogP contribution in [0, 0.1) is 23.2 Å². The molecular formula is C40H56. The molecule has 0 heteroatoms. The first kappa shape index (κ1) is 30.6. The number of benzene rings is 1. The normalized spacial score (nSPS) is 28.1. The predicted molar refractivity (Wildman–Crippen MR) is 178 cm³/mol. The summed E-state index contributed by atoms with van der Waals surface area (Å²) in [5.41, 5.74) is 18.2. The van der Waals surface area contributed by atoms with Crippen LogP contribution in [0.2, 0.25) is 0 Å². The number of rotatable bonds is 8. The zero-order valence-corrected chi connectivity index (χ0v) is 27.6. The zero-order valence-electron chi connectivity index (χ0n) is 27.6. The second kappa shape index (κ2) is 10.5. The molecule has 0 N–H and O–H groups in total. The van der Waals surface area contributed by atoms with E-state index in [2.05, 4.69) is 88.5 Å². The molecule has 216 valence electrons. The molecule has 3 aliphatic rings. The van der Waals surface area contributed by atoms with Gasteiger partial charge >= 0.3 is 0 Å². The number of fused-ring (bicyclic) bond motifs is 3. The van der Waals surface area contributed by atoms with E-state index in [0.717, 1.165) is 37.7 Å². The first-order chi connectivity index (χ1) is 18.5. The van der Waals surface area contributed by atoms with Crippen molar-refractivity contribution in [1.29, 1.82) is 0 Å². The predicted octanol–water partition coefficient (Wildman–Crippen LogP) is 12.0. The Hall–Kier alpha value is -2.34. The maximum atomic E-state index is 4.92. The van der Waals surface area contributed by atoms with Gasteiger partial charge in [0.25, 0.3) is 0 Å². The van der Waals surface area contributed by atoms with Crippen LogP contribution in [0.5, 0.6) is 0 Å². The molecule has 0 aliphatic heterocycles. The molecule has 0 fully saturated rings. The van der Waals surface area contributed by atoms with Crippen molar-refractivity contribution < 1.29 is 0 Å². The van der Waals surface area contributed by atoms with Gasteiger partial charge in [-0.3, -0.25) is 0 Å². The first-order valence-corrected chi connectivity index (χ1v) is 15.8. The molecule has 0 saturated heterocycles. The SMILES string of the molecule is C=C(CCCCC)Cc1cc(C(C)C)c2c(c1C)C(=C)C1=C(C)[C@@]3(C)C(=C)C(C(=C)C)=C(C)C[C@@]3(C)C[C@@]1(C)C2. The minimum Gasteiger partial charge on any atom is -0.0995 e. The van der Waals surface area contributed by atoms with Gasteiger partial charge in [-0.25, -0.2) is 0 Å². The van der Waals surface area contributed by atoms with Gasteiger partial charge in [0, 0.05) is 5.41 Å². The van der Waals surface area contributed by atoms with Crippen LogP contribution in [0.3, 0.4) is 0 Å². The van der Waals surface area contributed by atoms with Crippen LogP contribution in [0.15, 0.2) is 71.4 Å². The van der Waals surface area contributed by atoms with Gasteiger partial charge in [-0.05, 0) is 133 Å². The second-order valence-electron chi connectivity index (χ2n) is 14.8. The van der Waals surface area contributed by atoms with Gasteiger partial charge in [-0.2, -0.15) is 0 Å². The van der Waals surface area contributed by atoms with E-state index >= 15 is 0 Å². The summed E-state index contributed by atoms with van der Waals surface area (Å²) in [6.45, 7) is 42.3. The molecule has 0 bridgehead atoms. The monoisotopic (exact) mass is 536 g/mol. The fraction of sp³-hybridized carbons (Fsp3) is 0.550. The number of unbranched alkanes of at least 4 members (excludes halogenated alkanes) is 2. The Balaban J connectivity index is 1.91. The average molecular weight is 537 g/mol. The van der Waals surface area contributed by atoms with E-state index in [1.165, 1.54) is 80.5 Å². The third kappa shape index (κ3) is 4.49. The summed E-state index contributed by atoms with van der Waals surface area (Å²) in [6, 6.07) is 2.53. The molecular weight excluding hydrogens is 480 g/mol. The van der Waals surface area contributed by atoms with E-state index in [9.17, 15) is 0 Å². The van der Waals surface area contributed by atoms with E-state index in [4.69, 9.17) is 13.2 Å². The molecule has 0 radical (unpaired) electrons. The average Bonchev–Trinajstić information content (AvgIpc) is 2.82. The lowest BCUT2D eigenvalue weighted by atomic mass is 9.41. The number of hydrogen-bond donors (Lipinski definition) is 0. The van der Waals surface area contributed by atoms with Crippen LogP contribution in [-0.4, -0.2) is 0 Å². The molecule has 40 heavy (non-hydrogen) atoms. The third-order valence-electron chi connectivity index (χ3n) is 11.3. The van der Waals surface area contributed by atoms with Gasteiger partial charge in [0.1, 0.15) is 0 Å². The lowest BCUT2D eigenvalue weighted by molar-refractivity contribution is 0.0543. The summed E-state index contributed by atoms with van der Waals surface area (Å²) < 4.78 is 0. The molecule has 0 aromatic heterocycles. The Morgan fingerprint density at radius 3 is 2.23 bits per heavy atom. The quantitative estimate of drug-likeness (QED) is 0.229. The minimum atomic E-state index is -0.115. The summed E-state index contributed by atoms with van der Waals surface area (Å²) in [6.07, 6.45) is 9.22. The Kier molecular flexibility index (Phi) is 8.03. The van der Waals surface area contributed by atoms with Crippen molar-refractivity contribution in [3.63, 3.8) is 0 Å². The van der Waals surface area contributed by atoms with Crippen LogP contribution in [-0.2, 0) is 12.8 Å². The summed E-state index contributed by atoms with van der Waals surface area (Å²) in [4.78, 5) is 0. The van der Waals surface area contributed by atoms with Gasteiger partial charge in [-0.1, -0.05) is 109 Å². The van der Waals surface area contributed by atoms with Gasteiger partial charge < -0.3 is 0 Å². The summed E-state index contributed by atoms with van der Waals surface area (Å²) in [7, 11) is 0. The fourth-order valence-corrected chi connectivity index (χ4v) is 9.37. The third-order valence-corrected chi connectivity index (χ3v) is 11.3. The molecule has 0 unspecified atom stereocenters. The van der Waals surface area contributed by atoms with Gasteiger partial charge in [0.05, 0.1) is 0 Å². The molecule has 0 spiro atoms. The van der Waals surface area contributed by atoms with Crippen molar-refractivity contribution in [2.24, 2.45) is 16.2 Å². The maximum Gasteiger partial charge on any atom is 0.0194 e. The minimum absolute atomic E-state index is 0.0606. The summed E-state index contributed by atoms with van der Waals surface area (Å²) >= 11 is 0. The van der Waals surface area contributed by atoms with Crippen molar-refractivity contribution in [2.75, 3.05) is 0 Å². The summed E-state index contributed by atoms with van der Waals surface area (Å²) in [5.74, 6) is 0.478. The highest BCUT2D eigenvalue weighted by Crippen LogP contribution is 2.70. The molecule has 0 saturated carbocycles. The Labute approximate surface area is 247 Å². The fourth-order valence-electron chi connectivity index (χ4n) is 9.37. The van der Waals surface area contributed by atoms with Crippen LogP contribution < -0.4 is 0 Å². The first-order valence-electron chi connectivity index (χ1n) is 15.8. The smallest absolute Gasteiger partial charge is 0.0194 e. The van der Waals surface area contributed by atoms with Gasteiger partial charge in [0.15, 0.2) is 0 Å². The van der Waals surface area contributed by atoms with Crippen LogP contribution in [0.1, 0.15) is 135 Å². The lowest BCUT2D eigenvalue weighted by Crippen LogP contribution is -2.52. The Bertz CT molecular complexity index is 1370. The zero-order chi connectivity index (χ0) is 29.9. The second-order valence-corrected chi connectivity index (χ2v) is 14.8. The molecule has 1 aromatic rings. The van der Waals surface area contributed by atoms with Crippen LogP contribution in [0.4, 0.5) is 0 Å². The van der Waals surface area contributed by atoms with E-state index in [1.54, 1.807) is 5.56 Å². The van der Waals surface area contributed by atoms with Crippen molar-refractivity contribution >= 4 is 5.57 Å². The summed E-state index contributed by atoms with van der Waals surface area (Å²) in [5, 5.41) is 0. The van der Waals surface area contributed by atoms with Gasteiger partial charge in [-0.15, -0.1) is 0 Å². The van der Waals surface area contributed by atoms with E-state index in [-0.39, 0.29) is 16.2 Å². The lowest BCUT2D eigenvalue weighted by Gasteiger charge is -2.62. The highest BCUT2D eigenvalue weighted by atomic mass is 14.6. The molecule has 4 rings (SSSR count). The largest absolute Gasteiger partial charge is 0.0995 e. The molecule has 0 amide bonds. The highest BCUT2D eigenvalue weighted by Gasteiger charge is 2.59. The number of hydrogen-bond acceptors (Lipinski definition) is 0. The van der Waals surface area contributed by atoms with Crippen LogP contribution >= 0.6 is 0 Å². The van der Waals surface area contributed by atoms with Gasteiger partial charge in [0.2, 0.25) is 0 Å². The number of allylic oxidation sites excluding steroid dienone is 8. The Morgan fingerprint density at radius 2 is 1.65 bits per heavy atom. The topological polar surface area (TPSA) is 0 Å². The van der Waals surface area contributed by atoms with E-state index < -0.39 is 0 Å². The molecule has 0 nitrogen and oxygen atoms in total. The molecule has 3 aliphatic carbocycles. The maximum absolute atomic E-state index is 4.92. The van der Waals surface area contributed by atoms with E-state index in [0.29, 0.717) is 5.92 Å². The molecule has 3 atom stereocenters. The highest BCUT2D eigenvalue weighted by molar-refractivity contribution is 5.87. The van der Waals surface area contributed by atoms with Crippen LogP contribution in [0.25, 0.3) is 5.57 Å². The van der Waals surface area contributed by atoms with Crippen molar-refractivity contribution in [2.45, 2.75) is 127 Å². The van der Waals surface area contributed by atoms with Crippen molar-refractivity contribution in [1.82, 2.24) is 0 Å². The van der Waals surface area contributed by atoms with Crippen molar-refractivity contribution in [3.8, 4) is 0 Å². The molecule has 0 heterocycles. The standard InChI is InChI=1S/C40H56/c1-15-16-17-18-26(6)19-32-20-33(24(2)3)34-22-38(12)23-39(13)21-27(7)35(25(4)5)30(10)40(39,14)31(11)37(38)29(9)36(34)28(32)8/h20,24H,4,6,9-10,15-19,21-23H2,1-3,5,7-8,11-14H3/t38-,39+,40-/m1/s1. The molecule has 1 aromatic carbocycles.